The SMILES string of the molecule is O=c1[nH]c2ccccc2nc1NN=C/C=C/c1ccccc1. The summed E-state index contributed by atoms with van der Waals surface area (Å²) in [6, 6.07) is 17.2. The molecule has 0 amide bonds. The zero-order chi connectivity index (χ0) is 15.2. The molecule has 2 N–H and O–H groups in total. The van der Waals surface area contributed by atoms with E-state index in [1.807, 2.05) is 54.6 Å². The van der Waals surface area contributed by atoms with Crippen molar-refractivity contribution in [2.24, 2.45) is 5.10 Å². The monoisotopic (exact) mass is 290 g/mol. The van der Waals surface area contributed by atoms with Crippen molar-refractivity contribution in [1.29, 1.82) is 0 Å². The van der Waals surface area contributed by atoms with Crippen molar-refractivity contribution in [2.45, 2.75) is 0 Å². The number of allylic oxidation sites excluding steroid dienone is 1. The van der Waals surface area contributed by atoms with Crippen LogP contribution in [-0.2, 0) is 0 Å². The van der Waals surface area contributed by atoms with Gasteiger partial charge in [0.2, 0.25) is 5.82 Å². The second-order valence-electron chi connectivity index (χ2n) is 4.59. The Balaban J connectivity index is 1.71. The summed E-state index contributed by atoms with van der Waals surface area (Å²) in [7, 11) is 0. The van der Waals surface area contributed by atoms with Crippen molar-refractivity contribution in [3.63, 3.8) is 0 Å². The van der Waals surface area contributed by atoms with E-state index in [1.165, 1.54) is 0 Å². The quantitative estimate of drug-likeness (QED) is 0.573. The maximum absolute atomic E-state index is 11.8. The van der Waals surface area contributed by atoms with Gasteiger partial charge in [0.25, 0.3) is 5.56 Å². The second-order valence-corrected chi connectivity index (χ2v) is 4.59. The van der Waals surface area contributed by atoms with Crippen LogP contribution in [0, 0.1) is 0 Å². The van der Waals surface area contributed by atoms with Crippen LogP contribution in [0.2, 0.25) is 0 Å². The molecule has 1 aromatic heterocycles. The van der Waals surface area contributed by atoms with Gasteiger partial charge in [-0.2, -0.15) is 5.10 Å². The molecule has 0 aliphatic heterocycles. The van der Waals surface area contributed by atoms with E-state index in [-0.39, 0.29) is 11.4 Å². The van der Waals surface area contributed by atoms with Gasteiger partial charge in [-0.25, -0.2) is 4.98 Å². The van der Waals surface area contributed by atoms with Gasteiger partial charge in [-0.15, -0.1) is 0 Å². The highest BCUT2D eigenvalue weighted by molar-refractivity contribution is 5.79. The Morgan fingerprint density at radius 3 is 2.68 bits per heavy atom. The molecule has 2 aromatic carbocycles. The van der Waals surface area contributed by atoms with Crippen LogP contribution in [-0.4, -0.2) is 16.2 Å². The zero-order valence-electron chi connectivity index (χ0n) is 11.7. The fourth-order valence-corrected chi connectivity index (χ4v) is 1.97. The molecule has 108 valence electrons. The lowest BCUT2D eigenvalue weighted by Gasteiger charge is -2.00. The van der Waals surface area contributed by atoms with Gasteiger partial charge in [0.05, 0.1) is 11.0 Å². The first-order valence-corrected chi connectivity index (χ1v) is 6.83. The summed E-state index contributed by atoms with van der Waals surface area (Å²) in [5, 5.41) is 3.98. The van der Waals surface area contributed by atoms with Gasteiger partial charge in [0, 0.05) is 6.21 Å². The lowest BCUT2D eigenvalue weighted by atomic mass is 10.2. The maximum Gasteiger partial charge on any atom is 0.293 e. The summed E-state index contributed by atoms with van der Waals surface area (Å²) in [5.41, 5.74) is 4.84. The highest BCUT2D eigenvalue weighted by atomic mass is 16.1. The minimum atomic E-state index is -0.303. The van der Waals surface area contributed by atoms with E-state index < -0.39 is 0 Å². The third kappa shape index (κ3) is 3.27. The highest BCUT2D eigenvalue weighted by Gasteiger charge is 2.02. The summed E-state index contributed by atoms with van der Waals surface area (Å²) < 4.78 is 0. The van der Waals surface area contributed by atoms with Gasteiger partial charge in [0.15, 0.2) is 0 Å². The Hall–Kier alpha value is -3.21. The maximum atomic E-state index is 11.8. The number of anilines is 1. The number of para-hydroxylation sites is 2. The molecule has 0 radical (unpaired) electrons. The molecule has 0 bridgehead atoms. The predicted molar refractivity (Wildman–Crippen MR) is 90.0 cm³/mol. The Labute approximate surface area is 127 Å². The van der Waals surface area contributed by atoms with Crippen LogP contribution >= 0.6 is 0 Å². The number of nitrogens with one attached hydrogen (secondary N) is 2. The molecule has 5 nitrogen and oxygen atoms in total. The summed E-state index contributed by atoms with van der Waals surface area (Å²) in [5.74, 6) is 0.170. The van der Waals surface area contributed by atoms with Crippen molar-refractivity contribution in [3.8, 4) is 0 Å². The molecule has 0 aliphatic carbocycles. The number of aromatic nitrogens is 2. The first-order valence-electron chi connectivity index (χ1n) is 6.83. The molecular weight excluding hydrogens is 276 g/mol. The summed E-state index contributed by atoms with van der Waals surface area (Å²) in [6.07, 6.45) is 5.28. The zero-order valence-corrected chi connectivity index (χ0v) is 11.7. The topological polar surface area (TPSA) is 70.1 Å². The van der Waals surface area contributed by atoms with Crippen LogP contribution in [0.4, 0.5) is 5.82 Å². The number of nitrogens with zero attached hydrogens (tertiary/aromatic N) is 2. The average Bonchev–Trinajstić information content (AvgIpc) is 2.56. The number of H-pyrrole nitrogens is 1. The van der Waals surface area contributed by atoms with Gasteiger partial charge in [-0.1, -0.05) is 48.5 Å². The normalized spacial score (nSPS) is 11.5. The molecule has 0 spiro atoms. The van der Waals surface area contributed by atoms with Gasteiger partial charge in [-0.3, -0.25) is 10.2 Å². The number of hydrazone groups is 1. The molecule has 1 heterocycles. The smallest absolute Gasteiger partial charge is 0.293 e. The molecule has 3 aromatic rings. The van der Waals surface area contributed by atoms with Crippen molar-refractivity contribution < 1.29 is 0 Å². The number of fused-ring (bicyclic) bond motifs is 1. The summed E-state index contributed by atoms with van der Waals surface area (Å²) in [4.78, 5) is 18.8. The van der Waals surface area contributed by atoms with E-state index in [4.69, 9.17) is 0 Å². The van der Waals surface area contributed by atoms with E-state index in [2.05, 4.69) is 20.5 Å². The molecule has 0 fully saturated rings. The standard InChI is InChI=1S/C17H14N4O/c22-17-16(19-14-10-4-5-11-15(14)20-17)21-18-12-6-9-13-7-2-1-3-8-13/h1-12H,(H,19,21)(H,20,22)/b9-6+,18-12?. The average molecular weight is 290 g/mol. The van der Waals surface area contributed by atoms with E-state index in [0.717, 1.165) is 5.56 Å². The van der Waals surface area contributed by atoms with Crippen LogP contribution in [0.5, 0.6) is 0 Å². The van der Waals surface area contributed by atoms with Gasteiger partial charge >= 0.3 is 0 Å². The summed E-state index contributed by atoms with van der Waals surface area (Å²) >= 11 is 0. The third-order valence-corrected chi connectivity index (χ3v) is 3.02. The third-order valence-electron chi connectivity index (χ3n) is 3.02. The van der Waals surface area contributed by atoms with E-state index >= 15 is 0 Å². The molecule has 0 atom stereocenters. The molecular formula is C17H14N4O. The van der Waals surface area contributed by atoms with Crippen molar-refractivity contribution in [2.75, 3.05) is 5.43 Å². The molecule has 0 saturated heterocycles. The van der Waals surface area contributed by atoms with Gasteiger partial charge in [0.1, 0.15) is 0 Å². The van der Waals surface area contributed by atoms with Crippen molar-refractivity contribution >= 4 is 29.1 Å². The fourth-order valence-electron chi connectivity index (χ4n) is 1.97. The van der Waals surface area contributed by atoms with E-state index in [9.17, 15) is 4.79 Å². The molecule has 0 aliphatic rings. The lowest BCUT2D eigenvalue weighted by molar-refractivity contribution is 1.17. The van der Waals surface area contributed by atoms with E-state index in [1.54, 1.807) is 18.4 Å². The van der Waals surface area contributed by atoms with Crippen LogP contribution in [0.25, 0.3) is 17.1 Å². The minimum absolute atomic E-state index is 0.170. The lowest BCUT2D eigenvalue weighted by Crippen LogP contribution is -2.13. The van der Waals surface area contributed by atoms with Gasteiger partial charge < -0.3 is 4.98 Å². The number of rotatable bonds is 4. The minimum Gasteiger partial charge on any atom is -0.317 e. The van der Waals surface area contributed by atoms with Crippen LogP contribution in [0.15, 0.2) is 70.6 Å². The molecule has 22 heavy (non-hydrogen) atoms. The first-order chi connectivity index (χ1) is 10.8. The Morgan fingerprint density at radius 1 is 1.05 bits per heavy atom. The van der Waals surface area contributed by atoms with Crippen LogP contribution < -0.4 is 11.0 Å². The summed E-state index contributed by atoms with van der Waals surface area (Å²) in [6.45, 7) is 0. The Kier molecular flexibility index (Phi) is 4.06. The number of aromatic amines is 1. The molecule has 3 rings (SSSR count). The molecule has 5 heteroatoms. The van der Waals surface area contributed by atoms with Gasteiger partial charge in [-0.05, 0) is 23.8 Å². The number of hydrogen-bond acceptors (Lipinski definition) is 4. The molecule has 0 unspecified atom stereocenters. The molecule has 0 saturated carbocycles. The number of benzene rings is 2. The Bertz CT molecular complexity index is 882. The highest BCUT2D eigenvalue weighted by Crippen LogP contribution is 2.07. The van der Waals surface area contributed by atoms with Crippen LogP contribution in [0.1, 0.15) is 5.56 Å². The van der Waals surface area contributed by atoms with Crippen molar-refractivity contribution in [3.05, 3.63) is 76.6 Å². The predicted octanol–water partition coefficient (Wildman–Crippen LogP) is 3.03. The fraction of sp³-hybridized carbons (Fsp3) is 0. The Morgan fingerprint density at radius 2 is 1.82 bits per heavy atom. The first kappa shape index (κ1) is 13.8. The van der Waals surface area contributed by atoms with Crippen molar-refractivity contribution in [1.82, 2.24) is 9.97 Å². The number of hydrogen-bond donors (Lipinski definition) is 2. The van der Waals surface area contributed by atoms with Crippen LogP contribution in [0.3, 0.4) is 0 Å². The second kappa shape index (κ2) is 6.49. The van der Waals surface area contributed by atoms with E-state index in [0.29, 0.717) is 11.0 Å². The largest absolute Gasteiger partial charge is 0.317 e.